The molecule has 0 radical (unpaired) electrons. The molecule has 106 valence electrons. The average Bonchev–Trinajstić information content (AvgIpc) is 2.34. The van der Waals surface area contributed by atoms with Crippen LogP contribution in [0.5, 0.6) is 0 Å². The van der Waals surface area contributed by atoms with Crippen LogP contribution in [0, 0.1) is 0 Å². The van der Waals surface area contributed by atoms with E-state index in [0.29, 0.717) is 6.54 Å². The number of sulfone groups is 1. The second kappa shape index (κ2) is 6.16. The van der Waals surface area contributed by atoms with Crippen LogP contribution >= 0.6 is 0 Å². The fraction of sp³-hybridized carbons (Fsp3) is 0.462. The van der Waals surface area contributed by atoms with Gasteiger partial charge in [-0.15, -0.1) is 0 Å². The number of carboxylic acids is 1. The minimum Gasteiger partial charge on any atom is -0.481 e. The molecule has 0 aliphatic heterocycles. The summed E-state index contributed by atoms with van der Waals surface area (Å²) in [4.78, 5) is 12.7. The molecule has 1 unspecified atom stereocenters. The highest BCUT2D eigenvalue weighted by Crippen LogP contribution is 2.20. The Morgan fingerprint density at radius 3 is 2.26 bits per heavy atom. The average molecular weight is 285 g/mol. The molecule has 0 aliphatic rings. The van der Waals surface area contributed by atoms with E-state index in [4.69, 9.17) is 5.11 Å². The van der Waals surface area contributed by atoms with E-state index < -0.39 is 15.8 Å². The van der Waals surface area contributed by atoms with Crippen LogP contribution in [0.1, 0.15) is 24.9 Å². The van der Waals surface area contributed by atoms with Crippen LogP contribution in [-0.4, -0.2) is 44.2 Å². The molecular weight excluding hydrogens is 266 g/mol. The minimum absolute atomic E-state index is 0.0351. The molecule has 0 heterocycles. The summed E-state index contributed by atoms with van der Waals surface area (Å²) in [5, 5.41) is 8.65. The lowest BCUT2D eigenvalue weighted by molar-refractivity contribution is -0.137. The zero-order valence-electron chi connectivity index (χ0n) is 11.3. The molecule has 1 aromatic rings. The zero-order chi connectivity index (χ0) is 14.6. The summed E-state index contributed by atoms with van der Waals surface area (Å²) in [6.45, 7) is 2.40. The molecule has 1 aromatic carbocycles. The van der Waals surface area contributed by atoms with Gasteiger partial charge in [0.2, 0.25) is 0 Å². The zero-order valence-corrected chi connectivity index (χ0v) is 12.1. The number of hydrogen-bond donors (Lipinski definition) is 1. The first-order valence-corrected chi connectivity index (χ1v) is 7.83. The van der Waals surface area contributed by atoms with Crippen molar-refractivity contribution in [3.8, 4) is 0 Å². The number of benzene rings is 1. The van der Waals surface area contributed by atoms with Crippen LogP contribution < -0.4 is 0 Å². The van der Waals surface area contributed by atoms with Gasteiger partial charge in [0.1, 0.15) is 0 Å². The summed E-state index contributed by atoms with van der Waals surface area (Å²) in [5.74, 6) is -0.827. The molecule has 0 amide bonds. The molecular formula is C13H19NO4S. The van der Waals surface area contributed by atoms with Crippen molar-refractivity contribution < 1.29 is 18.3 Å². The Kier molecular flexibility index (Phi) is 5.08. The van der Waals surface area contributed by atoms with E-state index in [1.807, 2.05) is 18.9 Å². The van der Waals surface area contributed by atoms with Crippen molar-refractivity contribution in [3.63, 3.8) is 0 Å². The van der Waals surface area contributed by atoms with E-state index in [9.17, 15) is 13.2 Å². The first-order valence-electron chi connectivity index (χ1n) is 5.94. The number of carboxylic acid groups (broad SMARTS) is 1. The highest BCUT2D eigenvalue weighted by atomic mass is 32.2. The Labute approximate surface area is 113 Å². The lowest BCUT2D eigenvalue weighted by atomic mass is 10.1. The third-order valence-corrected chi connectivity index (χ3v) is 4.26. The summed E-state index contributed by atoms with van der Waals surface area (Å²) >= 11 is 0. The van der Waals surface area contributed by atoms with Crippen molar-refractivity contribution in [1.29, 1.82) is 0 Å². The summed E-state index contributed by atoms with van der Waals surface area (Å²) < 4.78 is 22.7. The molecule has 6 heteroatoms. The van der Waals surface area contributed by atoms with Gasteiger partial charge < -0.3 is 5.11 Å². The summed E-state index contributed by atoms with van der Waals surface area (Å²) in [5.41, 5.74) is 0.959. The monoisotopic (exact) mass is 285 g/mol. The van der Waals surface area contributed by atoms with Crippen molar-refractivity contribution in [2.24, 2.45) is 0 Å². The lowest BCUT2D eigenvalue weighted by Gasteiger charge is -2.24. The van der Waals surface area contributed by atoms with E-state index in [2.05, 4.69) is 0 Å². The normalized spacial score (nSPS) is 13.5. The van der Waals surface area contributed by atoms with Gasteiger partial charge in [0, 0.05) is 18.8 Å². The van der Waals surface area contributed by atoms with Crippen LogP contribution in [0.4, 0.5) is 0 Å². The number of carbonyl (C=O) groups is 1. The minimum atomic E-state index is -3.18. The number of rotatable bonds is 6. The lowest BCUT2D eigenvalue weighted by Crippen LogP contribution is -2.25. The van der Waals surface area contributed by atoms with E-state index in [0.717, 1.165) is 5.56 Å². The van der Waals surface area contributed by atoms with Gasteiger partial charge in [-0.2, -0.15) is 0 Å². The van der Waals surface area contributed by atoms with Gasteiger partial charge in [-0.05, 0) is 31.7 Å². The third kappa shape index (κ3) is 4.65. The predicted octanol–water partition coefficient (Wildman–Crippen LogP) is 1.56. The molecule has 5 nitrogen and oxygen atoms in total. The molecule has 1 atom stereocenters. The molecule has 0 saturated heterocycles. The molecule has 0 saturated carbocycles. The Hall–Kier alpha value is -1.40. The number of nitrogens with zero attached hydrogens (tertiary/aromatic N) is 1. The molecule has 0 fully saturated rings. The highest BCUT2D eigenvalue weighted by Gasteiger charge is 2.14. The van der Waals surface area contributed by atoms with Crippen molar-refractivity contribution in [2.75, 3.05) is 19.8 Å². The third-order valence-electron chi connectivity index (χ3n) is 3.13. The summed E-state index contributed by atoms with van der Waals surface area (Å²) in [7, 11) is -1.33. The van der Waals surface area contributed by atoms with Gasteiger partial charge in [-0.25, -0.2) is 8.42 Å². The van der Waals surface area contributed by atoms with Crippen molar-refractivity contribution >= 4 is 15.8 Å². The van der Waals surface area contributed by atoms with Crippen LogP contribution in [0.2, 0.25) is 0 Å². The van der Waals surface area contributed by atoms with Gasteiger partial charge in [0.05, 0.1) is 11.3 Å². The SMILES string of the molecule is CC(c1ccc(S(C)(=O)=O)cc1)N(C)CCC(=O)O. The second-order valence-corrected chi connectivity index (χ2v) is 6.66. The van der Waals surface area contributed by atoms with Crippen LogP contribution in [0.3, 0.4) is 0 Å². The fourth-order valence-electron chi connectivity index (χ4n) is 1.71. The van der Waals surface area contributed by atoms with E-state index >= 15 is 0 Å². The number of aliphatic carboxylic acids is 1. The Bertz CT molecular complexity index is 536. The molecule has 0 bridgehead atoms. The van der Waals surface area contributed by atoms with Crippen molar-refractivity contribution in [1.82, 2.24) is 4.90 Å². The quantitative estimate of drug-likeness (QED) is 0.858. The molecule has 1 N–H and O–H groups in total. The Balaban J connectivity index is 2.77. The van der Waals surface area contributed by atoms with Gasteiger partial charge in [-0.1, -0.05) is 12.1 Å². The van der Waals surface area contributed by atoms with Crippen molar-refractivity contribution in [2.45, 2.75) is 24.3 Å². The Morgan fingerprint density at radius 1 is 1.32 bits per heavy atom. The summed E-state index contributed by atoms with van der Waals surface area (Å²) in [6, 6.07) is 6.71. The molecule has 1 rings (SSSR count). The van der Waals surface area contributed by atoms with E-state index in [1.54, 1.807) is 24.3 Å². The molecule has 0 spiro atoms. The maximum atomic E-state index is 11.3. The predicted molar refractivity (Wildman–Crippen MR) is 72.8 cm³/mol. The highest BCUT2D eigenvalue weighted by molar-refractivity contribution is 7.90. The molecule has 0 aromatic heterocycles. The smallest absolute Gasteiger partial charge is 0.304 e. The van der Waals surface area contributed by atoms with Crippen LogP contribution in [-0.2, 0) is 14.6 Å². The first kappa shape index (κ1) is 15.7. The second-order valence-electron chi connectivity index (χ2n) is 4.64. The van der Waals surface area contributed by atoms with E-state index in [1.165, 1.54) is 6.26 Å². The maximum Gasteiger partial charge on any atom is 0.304 e. The molecule has 0 aliphatic carbocycles. The first-order chi connectivity index (χ1) is 8.71. The van der Waals surface area contributed by atoms with Gasteiger partial charge in [0.15, 0.2) is 9.84 Å². The topological polar surface area (TPSA) is 74.7 Å². The van der Waals surface area contributed by atoms with Gasteiger partial charge in [0.25, 0.3) is 0 Å². The van der Waals surface area contributed by atoms with E-state index in [-0.39, 0.29) is 17.4 Å². The van der Waals surface area contributed by atoms with Crippen LogP contribution in [0.25, 0.3) is 0 Å². The number of hydrogen-bond acceptors (Lipinski definition) is 4. The summed E-state index contributed by atoms with van der Waals surface area (Å²) in [6.07, 6.45) is 1.26. The Morgan fingerprint density at radius 2 is 1.84 bits per heavy atom. The van der Waals surface area contributed by atoms with Gasteiger partial charge >= 0.3 is 5.97 Å². The standard InChI is InChI=1S/C13H19NO4S/c1-10(14(2)9-8-13(15)16)11-4-6-12(7-5-11)19(3,17)18/h4-7,10H,8-9H2,1-3H3,(H,15,16). The largest absolute Gasteiger partial charge is 0.481 e. The molecule has 19 heavy (non-hydrogen) atoms. The van der Waals surface area contributed by atoms with Gasteiger partial charge in [-0.3, -0.25) is 9.69 Å². The van der Waals surface area contributed by atoms with Crippen molar-refractivity contribution in [3.05, 3.63) is 29.8 Å². The van der Waals surface area contributed by atoms with Crippen LogP contribution in [0.15, 0.2) is 29.2 Å². The fourth-order valence-corrected chi connectivity index (χ4v) is 2.34. The maximum absolute atomic E-state index is 11.3.